The summed E-state index contributed by atoms with van der Waals surface area (Å²) >= 11 is 0. The van der Waals surface area contributed by atoms with Gasteiger partial charge in [0.25, 0.3) is 0 Å². The van der Waals surface area contributed by atoms with Crippen LogP contribution in [0.3, 0.4) is 0 Å². The van der Waals surface area contributed by atoms with Crippen molar-refractivity contribution in [3.63, 3.8) is 0 Å². The lowest BCUT2D eigenvalue weighted by Crippen LogP contribution is -1.90. The minimum Gasteiger partial charge on any atom is -0.240 e. The van der Waals surface area contributed by atoms with Crippen molar-refractivity contribution >= 4 is 10.8 Å². The van der Waals surface area contributed by atoms with E-state index in [4.69, 9.17) is 4.89 Å². The average Bonchev–Trinajstić information content (AvgIpc) is 2.26. The van der Waals surface area contributed by atoms with Crippen LogP contribution < -0.4 is 0 Å². The molecule has 0 spiro atoms. The zero-order valence-electron chi connectivity index (χ0n) is 8.07. The molecule has 2 aromatic carbocycles. The van der Waals surface area contributed by atoms with Crippen LogP contribution in [0.4, 0.5) is 0 Å². The molecule has 0 amide bonds. The smallest absolute Gasteiger partial charge is 0.107 e. The first-order valence-electron chi connectivity index (χ1n) is 4.53. The molecule has 0 saturated carbocycles. The topological polar surface area (TPSA) is 18.5 Å². The first-order valence-corrected chi connectivity index (χ1v) is 4.53. The van der Waals surface area contributed by atoms with Gasteiger partial charge in [0, 0.05) is 0 Å². The van der Waals surface area contributed by atoms with Crippen molar-refractivity contribution in [1.82, 2.24) is 0 Å². The molecule has 0 N–H and O–H groups in total. The third-order valence-corrected chi connectivity index (χ3v) is 2.16. The van der Waals surface area contributed by atoms with Gasteiger partial charge in [-0.1, -0.05) is 36.4 Å². The molecule has 0 aliphatic rings. The van der Waals surface area contributed by atoms with Gasteiger partial charge in [0.2, 0.25) is 0 Å². The monoisotopic (exact) mass is 188 g/mol. The fourth-order valence-electron chi connectivity index (χ4n) is 1.46. The maximum absolute atomic E-state index is 4.87. The van der Waals surface area contributed by atoms with Gasteiger partial charge in [0.1, 0.15) is 6.61 Å². The lowest BCUT2D eigenvalue weighted by molar-refractivity contribution is -0.282. The Morgan fingerprint density at radius 3 is 2.57 bits per heavy atom. The summed E-state index contributed by atoms with van der Waals surface area (Å²) in [6.45, 7) is 0.487. The molecule has 0 aliphatic heterocycles. The number of fused-ring (bicyclic) bond motifs is 1. The molecular weight excluding hydrogens is 176 g/mol. The Morgan fingerprint density at radius 2 is 1.79 bits per heavy atom. The molecule has 0 aliphatic carbocycles. The molecule has 0 fully saturated rings. The van der Waals surface area contributed by atoms with Gasteiger partial charge >= 0.3 is 0 Å². The van der Waals surface area contributed by atoms with Crippen molar-refractivity contribution in [1.29, 1.82) is 0 Å². The third kappa shape index (κ3) is 1.92. The van der Waals surface area contributed by atoms with Crippen LogP contribution in [0, 0.1) is 0 Å². The minimum atomic E-state index is 0.487. The van der Waals surface area contributed by atoms with Crippen LogP contribution in [0.2, 0.25) is 0 Å². The van der Waals surface area contributed by atoms with Crippen molar-refractivity contribution < 1.29 is 9.78 Å². The van der Waals surface area contributed by atoms with E-state index in [-0.39, 0.29) is 0 Å². The maximum atomic E-state index is 4.87. The zero-order chi connectivity index (χ0) is 9.80. The largest absolute Gasteiger partial charge is 0.240 e. The second-order valence-electron chi connectivity index (χ2n) is 3.11. The molecular formula is C12H12O2. The van der Waals surface area contributed by atoms with Gasteiger partial charge in [-0.05, 0) is 22.4 Å². The summed E-state index contributed by atoms with van der Waals surface area (Å²) in [6, 6.07) is 14.5. The van der Waals surface area contributed by atoms with Gasteiger partial charge in [-0.3, -0.25) is 0 Å². The predicted octanol–water partition coefficient (Wildman–Crippen LogP) is 2.92. The van der Waals surface area contributed by atoms with E-state index in [1.54, 1.807) is 0 Å². The SMILES string of the molecule is COOCc1ccc2ccccc2c1. The van der Waals surface area contributed by atoms with E-state index in [1.165, 1.54) is 17.9 Å². The lowest BCUT2D eigenvalue weighted by atomic mass is 10.1. The molecule has 2 heteroatoms. The molecule has 2 aromatic rings. The van der Waals surface area contributed by atoms with E-state index < -0.39 is 0 Å². The highest BCUT2D eigenvalue weighted by Crippen LogP contribution is 2.15. The molecule has 0 saturated heterocycles. The highest BCUT2D eigenvalue weighted by Gasteiger charge is 1.95. The molecule has 0 atom stereocenters. The second-order valence-corrected chi connectivity index (χ2v) is 3.11. The number of hydrogen-bond donors (Lipinski definition) is 0. The van der Waals surface area contributed by atoms with E-state index in [0.29, 0.717) is 6.61 Å². The highest BCUT2D eigenvalue weighted by molar-refractivity contribution is 5.82. The Balaban J connectivity index is 2.32. The molecule has 0 unspecified atom stereocenters. The standard InChI is InChI=1S/C12H12O2/c1-13-14-9-10-6-7-11-4-2-3-5-12(11)8-10/h2-8H,9H2,1H3. The molecule has 0 heterocycles. The zero-order valence-corrected chi connectivity index (χ0v) is 8.07. The van der Waals surface area contributed by atoms with Crippen molar-refractivity contribution in [2.24, 2.45) is 0 Å². The summed E-state index contributed by atoms with van der Waals surface area (Å²) in [5, 5.41) is 2.47. The summed E-state index contributed by atoms with van der Waals surface area (Å²) in [7, 11) is 1.51. The summed E-state index contributed by atoms with van der Waals surface area (Å²) in [4.78, 5) is 9.43. The van der Waals surface area contributed by atoms with Crippen LogP contribution in [0.15, 0.2) is 42.5 Å². The van der Waals surface area contributed by atoms with Gasteiger partial charge in [-0.2, -0.15) is 0 Å². The van der Waals surface area contributed by atoms with Crippen LogP contribution in [-0.4, -0.2) is 7.11 Å². The fourth-order valence-corrected chi connectivity index (χ4v) is 1.46. The first kappa shape index (κ1) is 9.19. The molecule has 2 rings (SSSR count). The lowest BCUT2D eigenvalue weighted by Gasteiger charge is -2.02. The third-order valence-electron chi connectivity index (χ3n) is 2.16. The highest BCUT2D eigenvalue weighted by atomic mass is 17.2. The van der Waals surface area contributed by atoms with Crippen LogP contribution in [-0.2, 0) is 16.4 Å². The minimum absolute atomic E-state index is 0.487. The van der Waals surface area contributed by atoms with Crippen molar-refractivity contribution in [2.75, 3.05) is 7.11 Å². The molecule has 0 aromatic heterocycles. The van der Waals surface area contributed by atoms with Crippen LogP contribution in [0.5, 0.6) is 0 Å². The summed E-state index contributed by atoms with van der Waals surface area (Å²) in [5.41, 5.74) is 1.12. The van der Waals surface area contributed by atoms with E-state index in [9.17, 15) is 0 Å². The van der Waals surface area contributed by atoms with Crippen molar-refractivity contribution in [2.45, 2.75) is 6.61 Å². The molecule has 72 valence electrons. The van der Waals surface area contributed by atoms with Crippen LogP contribution in [0.25, 0.3) is 10.8 Å². The van der Waals surface area contributed by atoms with Gasteiger partial charge in [-0.25, -0.2) is 9.78 Å². The van der Waals surface area contributed by atoms with Gasteiger partial charge in [0.15, 0.2) is 0 Å². The van der Waals surface area contributed by atoms with Crippen LogP contribution >= 0.6 is 0 Å². The van der Waals surface area contributed by atoms with E-state index in [0.717, 1.165) is 5.56 Å². The maximum Gasteiger partial charge on any atom is 0.107 e. The first-order chi connectivity index (χ1) is 6.90. The Bertz CT molecular complexity index is 423. The molecule has 0 bridgehead atoms. The second kappa shape index (κ2) is 4.22. The van der Waals surface area contributed by atoms with Gasteiger partial charge in [0.05, 0.1) is 7.11 Å². The Morgan fingerprint density at radius 1 is 1.00 bits per heavy atom. The number of benzene rings is 2. The van der Waals surface area contributed by atoms with Crippen LogP contribution in [0.1, 0.15) is 5.56 Å². The Kier molecular flexibility index (Phi) is 2.77. The van der Waals surface area contributed by atoms with Gasteiger partial charge in [-0.15, -0.1) is 0 Å². The summed E-state index contributed by atoms with van der Waals surface area (Å²) in [5.74, 6) is 0. The number of rotatable bonds is 3. The molecule has 2 nitrogen and oxygen atoms in total. The summed E-state index contributed by atoms with van der Waals surface area (Å²) in [6.07, 6.45) is 0. The quantitative estimate of drug-likeness (QED) is 0.544. The fraction of sp³-hybridized carbons (Fsp3) is 0.167. The molecule has 14 heavy (non-hydrogen) atoms. The van der Waals surface area contributed by atoms with Gasteiger partial charge < -0.3 is 0 Å². The molecule has 0 radical (unpaired) electrons. The average molecular weight is 188 g/mol. The number of hydrogen-bond acceptors (Lipinski definition) is 2. The van der Waals surface area contributed by atoms with E-state index in [1.807, 2.05) is 18.2 Å². The predicted molar refractivity (Wildman–Crippen MR) is 55.7 cm³/mol. The van der Waals surface area contributed by atoms with E-state index >= 15 is 0 Å². The summed E-state index contributed by atoms with van der Waals surface area (Å²) < 4.78 is 0. The van der Waals surface area contributed by atoms with Crippen molar-refractivity contribution in [3.8, 4) is 0 Å². The van der Waals surface area contributed by atoms with E-state index in [2.05, 4.69) is 29.2 Å². The van der Waals surface area contributed by atoms with Crippen molar-refractivity contribution in [3.05, 3.63) is 48.0 Å². The Labute approximate surface area is 83.0 Å². The normalized spacial score (nSPS) is 10.6. The Hall–Kier alpha value is -1.38.